The van der Waals surface area contributed by atoms with Gasteiger partial charge in [-0.15, -0.1) is 0 Å². The number of ether oxygens (including phenoxy) is 2. The van der Waals surface area contributed by atoms with Crippen LogP contribution in [0.25, 0.3) is 11.1 Å². The molecule has 3 aromatic rings. The molecule has 0 N–H and O–H groups in total. The standard InChI is InChI=1S/C20H16O3/c1-22-18-12-10-15(11-13-18)16-6-5-7-17(14-16)20(21)23-19-8-3-2-4-9-19/h2-14H,1H3. The summed E-state index contributed by atoms with van der Waals surface area (Å²) in [5.74, 6) is 0.965. The lowest BCUT2D eigenvalue weighted by atomic mass is 10.0. The first-order valence-electron chi connectivity index (χ1n) is 7.28. The van der Waals surface area contributed by atoms with Crippen molar-refractivity contribution in [2.45, 2.75) is 0 Å². The molecule has 0 amide bonds. The van der Waals surface area contributed by atoms with Crippen molar-refractivity contribution in [3.63, 3.8) is 0 Å². The van der Waals surface area contributed by atoms with Crippen LogP contribution in [-0.4, -0.2) is 13.1 Å². The molecule has 0 heterocycles. The van der Waals surface area contributed by atoms with Gasteiger partial charge >= 0.3 is 5.97 Å². The van der Waals surface area contributed by atoms with E-state index in [0.29, 0.717) is 11.3 Å². The number of carbonyl (C=O) groups is 1. The Labute approximate surface area is 135 Å². The van der Waals surface area contributed by atoms with Crippen LogP contribution in [0, 0.1) is 0 Å². The number of hydrogen-bond acceptors (Lipinski definition) is 3. The molecule has 3 nitrogen and oxygen atoms in total. The molecule has 0 radical (unpaired) electrons. The van der Waals surface area contributed by atoms with Crippen LogP contribution in [0.3, 0.4) is 0 Å². The van der Waals surface area contributed by atoms with Crippen LogP contribution < -0.4 is 9.47 Å². The highest BCUT2D eigenvalue weighted by Gasteiger charge is 2.09. The molecule has 0 atom stereocenters. The van der Waals surface area contributed by atoms with Gasteiger partial charge in [0, 0.05) is 0 Å². The van der Waals surface area contributed by atoms with Gasteiger partial charge in [-0.2, -0.15) is 0 Å². The number of rotatable bonds is 4. The van der Waals surface area contributed by atoms with Crippen LogP contribution in [0.4, 0.5) is 0 Å². The lowest BCUT2D eigenvalue weighted by Gasteiger charge is -2.07. The lowest BCUT2D eigenvalue weighted by molar-refractivity contribution is 0.0735. The molecule has 0 aliphatic carbocycles. The van der Waals surface area contributed by atoms with Crippen LogP contribution in [0.2, 0.25) is 0 Å². The van der Waals surface area contributed by atoms with E-state index in [4.69, 9.17) is 9.47 Å². The van der Waals surface area contributed by atoms with E-state index >= 15 is 0 Å². The minimum Gasteiger partial charge on any atom is -0.497 e. The van der Waals surface area contributed by atoms with Gasteiger partial charge in [0.15, 0.2) is 0 Å². The third-order valence-corrected chi connectivity index (χ3v) is 3.48. The van der Waals surface area contributed by atoms with Gasteiger partial charge in [-0.1, -0.05) is 42.5 Å². The Morgan fingerprint density at radius 1 is 0.739 bits per heavy atom. The normalized spacial score (nSPS) is 10.1. The number of esters is 1. The van der Waals surface area contributed by atoms with Gasteiger partial charge in [0.1, 0.15) is 11.5 Å². The second kappa shape index (κ2) is 6.79. The summed E-state index contributed by atoms with van der Waals surface area (Å²) in [7, 11) is 1.63. The minimum atomic E-state index is -0.369. The third-order valence-electron chi connectivity index (χ3n) is 3.48. The maximum absolute atomic E-state index is 12.3. The van der Waals surface area contributed by atoms with Crippen LogP contribution in [0.15, 0.2) is 78.9 Å². The Balaban J connectivity index is 1.82. The summed E-state index contributed by atoms with van der Waals surface area (Å²) >= 11 is 0. The first-order valence-corrected chi connectivity index (χ1v) is 7.28. The molecule has 0 aliphatic rings. The SMILES string of the molecule is COc1ccc(-c2cccc(C(=O)Oc3ccccc3)c2)cc1. The van der Waals surface area contributed by atoms with Crippen molar-refractivity contribution in [2.75, 3.05) is 7.11 Å². The fourth-order valence-electron chi connectivity index (χ4n) is 2.26. The van der Waals surface area contributed by atoms with Crippen molar-refractivity contribution < 1.29 is 14.3 Å². The molecule has 0 saturated carbocycles. The van der Waals surface area contributed by atoms with Crippen LogP contribution in [0.5, 0.6) is 11.5 Å². The summed E-state index contributed by atoms with van der Waals surface area (Å²) in [6.07, 6.45) is 0. The van der Waals surface area contributed by atoms with E-state index < -0.39 is 0 Å². The predicted molar refractivity (Wildman–Crippen MR) is 89.8 cm³/mol. The lowest BCUT2D eigenvalue weighted by Crippen LogP contribution is -2.08. The predicted octanol–water partition coefficient (Wildman–Crippen LogP) is 4.58. The molecular formula is C20H16O3. The Morgan fingerprint density at radius 2 is 1.48 bits per heavy atom. The maximum atomic E-state index is 12.3. The molecule has 0 unspecified atom stereocenters. The first kappa shape index (κ1) is 14.9. The van der Waals surface area contributed by atoms with Gasteiger partial charge in [-0.05, 0) is 47.5 Å². The quantitative estimate of drug-likeness (QED) is 0.523. The molecule has 23 heavy (non-hydrogen) atoms. The number of benzene rings is 3. The smallest absolute Gasteiger partial charge is 0.343 e. The molecule has 0 saturated heterocycles. The summed E-state index contributed by atoms with van der Waals surface area (Å²) in [4.78, 5) is 12.3. The Bertz CT molecular complexity index is 793. The van der Waals surface area contributed by atoms with E-state index in [1.54, 1.807) is 25.3 Å². The zero-order chi connectivity index (χ0) is 16.1. The average Bonchev–Trinajstić information content (AvgIpc) is 2.63. The summed E-state index contributed by atoms with van der Waals surface area (Å²) < 4.78 is 10.5. The first-order chi connectivity index (χ1) is 11.3. The highest BCUT2D eigenvalue weighted by molar-refractivity contribution is 5.92. The van der Waals surface area contributed by atoms with E-state index in [9.17, 15) is 4.79 Å². The highest BCUT2D eigenvalue weighted by atomic mass is 16.5. The average molecular weight is 304 g/mol. The van der Waals surface area contributed by atoms with Crippen molar-refractivity contribution in [1.29, 1.82) is 0 Å². The molecule has 0 spiro atoms. The molecule has 0 bridgehead atoms. The second-order valence-corrected chi connectivity index (χ2v) is 5.01. The monoisotopic (exact) mass is 304 g/mol. The van der Waals surface area contributed by atoms with Crippen LogP contribution in [-0.2, 0) is 0 Å². The van der Waals surface area contributed by atoms with Gasteiger partial charge in [-0.3, -0.25) is 0 Å². The van der Waals surface area contributed by atoms with Crippen molar-refractivity contribution in [2.24, 2.45) is 0 Å². The molecule has 0 aliphatic heterocycles. The summed E-state index contributed by atoms with van der Waals surface area (Å²) in [6, 6.07) is 24.1. The fourth-order valence-corrected chi connectivity index (χ4v) is 2.26. The van der Waals surface area contributed by atoms with E-state index in [-0.39, 0.29) is 5.97 Å². The van der Waals surface area contributed by atoms with E-state index in [1.807, 2.05) is 60.7 Å². The number of methoxy groups -OCH3 is 1. The van der Waals surface area contributed by atoms with Gasteiger partial charge < -0.3 is 9.47 Å². The van der Waals surface area contributed by atoms with E-state index in [2.05, 4.69) is 0 Å². The number of hydrogen-bond donors (Lipinski definition) is 0. The fraction of sp³-hybridized carbons (Fsp3) is 0.0500. The van der Waals surface area contributed by atoms with Crippen molar-refractivity contribution in [1.82, 2.24) is 0 Å². The molecule has 3 rings (SSSR count). The van der Waals surface area contributed by atoms with Gasteiger partial charge in [0.2, 0.25) is 0 Å². The Kier molecular flexibility index (Phi) is 4.39. The minimum absolute atomic E-state index is 0.369. The topological polar surface area (TPSA) is 35.5 Å². The van der Waals surface area contributed by atoms with Gasteiger partial charge in [-0.25, -0.2) is 4.79 Å². The zero-order valence-electron chi connectivity index (χ0n) is 12.7. The molecule has 114 valence electrons. The zero-order valence-corrected chi connectivity index (χ0v) is 12.7. The molecule has 0 aromatic heterocycles. The second-order valence-electron chi connectivity index (χ2n) is 5.01. The molecule has 3 heteroatoms. The Morgan fingerprint density at radius 3 is 2.17 bits per heavy atom. The van der Waals surface area contributed by atoms with Crippen molar-refractivity contribution in [3.05, 3.63) is 84.4 Å². The van der Waals surface area contributed by atoms with Crippen LogP contribution in [0.1, 0.15) is 10.4 Å². The largest absolute Gasteiger partial charge is 0.497 e. The number of para-hydroxylation sites is 1. The summed E-state index contributed by atoms with van der Waals surface area (Å²) in [5.41, 5.74) is 2.48. The number of carbonyl (C=O) groups excluding carboxylic acids is 1. The van der Waals surface area contributed by atoms with E-state index in [1.165, 1.54) is 0 Å². The van der Waals surface area contributed by atoms with Gasteiger partial charge in [0.05, 0.1) is 12.7 Å². The summed E-state index contributed by atoms with van der Waals surface area (Å²) in [5, 5.41) is 0. The Hall–Kier alpha value is -3.07. The molecular weight excluding hydrogens is 288 g/mol. The van der Waals surface area contributed by atoms with Crippen LogP contribution >= 0.6 is 0 Å². The van der Waals surface area contributed by atoms with Crippen molar-refractivity contribution >= 4 is 5.97 Å². The third kappa shape index (κ3) is 3.58. The van der Waals surface area contributed by atoms with E-state index in [0.717, 1.165) is 16.9 Å². The molecule has 0 fully saturated rings. The molecule has 3 aromatic carbocycles. The van der Waals surface area contributed by atoms with Gasteiger partial charge in [0.25, 0.3) is 0 Å². The van der Waals surface area contributed by atoms with Crippen molar-refractivity contribution in [3.8, 4) is 22.6 Å². The highest BCUT2D eigenvalue weighted by Crippen LogP contribution is 2.23. The summed E-state index contributed by atoms with van der Waals surface area (Å²) in [6.45, 7) is 0. The maximum Gasteiger partial charge on any atom is 0.343 e.